The zero-order chi connectivity index (χ0) is 10.6. The van der Waals surface area contributed by atoms with E-state index in [1.54, 1.807) is 0 Å². The third-order valence-electron chi connectivity index (χ3n) is 3.64. The maximum Gasteiger partial charge on any atom is 0.00697 e. The van der Waals surface area contributed by atoms with Crippen molar-refractivity contribution in [1.29, 1.82) is 0 Å². The molecule has 0 aromatic rings. The van der Waals surface area contributed by atoms with Crippen molar-refractivity contribution < 1.29 is 0 Å². The van der Waals surface area contributed by atoms with E-state index >= 15 is 0 Å². The quantitative estimate of drug-likeness (QED) is 0.667. The van der Waals surface area contributed by atoms with Gasteiger partial charge in [0.25, 0.3) is 0 Å². The topological polar surface area (TPSA) is 12.0 Å². The van der Waals surface area contributed by atoms with Gasteiger partial charge in [0.1, 0.15) is 0 Å². The Balaban J connectivity index is 2.51. The third-order valence-corrected chi connectivity index (χ3v) is 3.64. The molecule has 1 aliphatic rings. The van der Waals surface area contributed by atoms with Crippen molar-refractivity contribution in [3.63, 3.8) is 0 Å². The molecule has 1 fully saturated rings. The molecule has 0 heterocycles. The van der Waals surface area contributed by atoms with Gasteiger partial charge in [-0.15, -0.1) is 0 Å². The summed E-state index contributed by atoms with van der Waals surface area (Å²) in [5, 5.41) is 3.63. The smallest absolute Gasteiger partial charge is 0.00697 e. The first-order valence-electron chi connectivity index (χ1n) is 6.27. The summed E-state index contributed by atoms with van der Waals surface area (Å²) >= 11 is 0. The van der Waals surface area contributed by atoms with Gasteiger partial charge in [0, 0.05) is 6.04 Å². The monoisotopic (exact) mass is 197 g/mol. The van der Waals surface area contributed by atoms with Gasteiger partial charge in [0.2, 0.25) is 0 Å². The maximum atomic E-state index is 3.63. The van der Waals surface area contributed by atoms with Gasteiger partial charge < -0.3 is 5.32 Å². The molecule has 0 radical (unpaired) electrons. The Morgan fingerprint density at radius 2 is 1.79 bits per heavy atom. The van der Waals surface area contributed by atoms with Gasteiger partial charge in [-0.2, -0.15) is 0 Å². The Hall–Kier alpha value is -0.0400. The summed E-state index contributed by atoms with van der Waals surface area (Å²) in [6.45, 7) is 10.5. The van der Waals surface area contributed by atoms with Crippen LogP contribution in [-0.2, 0) is 0 Å². The van der Waals surface area contributed by atoms with Crippen molar-refractivity contribution in [3.8, 4) is 0 Å². The molecule has 0 saturated heterocycles. The van der Waals surface area contributed by atoms with Gasteiger partial charge >= 0.3 is 0 Å². The molecular weight excluding hydrogens is 170 g/mol. The average Bonchev–Trinajstić information content (AvgIpc) is 2.29. The Morgan fingerprint density at radius 1 is 1.14 bits per heavy atom. The summed E-state index contributed by atoms with van der Waals surface area (Å²) in [6, 6.07) is 0.784. The van der Waals surface area contributed by atoms with Gasteiger partial charge in [-0.05, 0) is 37.1 Å². The number of hydrogen-bond acceptors (Lipinski definition) is 1. The Bertz CT molecular complexity index is 157. The molecular formula is C13H27N. The molecule has 0 spiro atoms. The molecule has 1 rings (SSSR count). The van der Waals surface area contributed by atoms with Crippen molar-refractivity contribution >= 4 is 0 Å². The average molecular weight is 197 g/mol. The fraction of sp³-hybridized carbons (Fsp3) is 1.00. The number of hydrogen-bond donors (Lipinski definition) is 1. The van der Waals surface area contributed by atoms with Crippen LogP contribution >= 0.6 is 0 Å². The zero-order valence-electron chi connectivity index (χ0n) is 10.4. The second kappa shape index (κ2) is 5.16. The number of nitrogens with one attached hydrogen (secondary N) is 1. The van der Waals surface area contributed by atoms with Gasteiger partial charge in [0.05, 0.1) is 0 Å². The van der Waals surface area contributed by atoms with Crippen molar-refractivity contribution in [2.45, 2.75) is 65.8 Å². The van der Waals surface area contributed by atoms with Crippen LogP contribution in [0.25, 0.3) is 0 Å². The second-order valence-corrected chi connectivity index (χ2v) is 5.84. The SMILES string of the molecule is CCNC1CCCCC(C(C)(C)C)C1. The van der Waals surface area contributed by atoms with E-state index in [0.29, 0.717) is 5.41 Å². The lowest BCUT2D eigenvalue weighted by molar-refractivity contribution is 0.201. The van der Waals surface area contributed by atoms with Crippen LogP contribution in [0.2, 0.25) is 0 Å². The van der Waals surface area contributed by atoms with Gasteiger partial charge in [0.15, 0.2) is 0 Å². The lowest BCUT2D eigenvalue weighted by atomic mass is 9.76. The molecule has 1 aliphatic carbocycles. The molecule has 84 valence electrons. The lowest BCUT2D eigenvalue weighted by Gasteiger charge is -2.32. The summed E-state index contributed by atoms with van der Waals surface area (Å²) in [5.41, 5.74) is 0.498. The second-order valence-electron chi connectivity index (χ2n) is 5.84. The van der Waals surface area contributed by atoms with E-state index in [4.69, 9.17) is 0 Å². The van der Waals surface area contributed by atoms with Crippen molar-refractivity contribution in [1.82, 2.24) is 5.32 Å². The van der Waals surface area contributed by atoms with E-state index in [9.17, 15) is 0 Å². The van der Waals surface area contributed by atoms with Crippen LogP contribution in [-0.4, -0.2) is 12.6 Å². The number of rotatable bonds is 2. The highest BCUT2D eigenvalue weighted by Gasteiger charge is 2.28. The van der Waals surface area contributed by atoms with Gasteiger partial charge in [-0.3, -0.25) is 0 Å². The van der Waals surface area contributed by atoms with E-state index in [1.165, 1.54) is 32.1 Å². The van der Waals surface area contributed by atoms with Crippen molar-refractivity contribution in [3.05, 3.63) is 0 Å². The molecule has 0 amide bonds. The highest BCUT2D eigenvalue weighted by molar-refractivity contribution is 4.82. The predicted molar refractivity (Wildman–Crippen MR) is 63.5 cm³/mol. The Labute approximate surface area is 89.7 Å². The summed E-state index contributed by atoms with van der Waals surface area (Å²) in [7, 11) is 0. The van der Waals surface area contributed by atoms with Crippen molar-refractivity contribution in [2.75, 3.05) is 6.54 Å². The molecule has 1 heteroatoms. The lowest BCUT2D eigenvalue weighted by Crippen LogP contribution is -2.33. The first-order chi connectivity index (χ1) is 6.54. The molecule has 0 bridgehead atoms. The van der Waals surface area contributed by atoms with Gasteiger partial charge in [-0.25, -0.2) is 0 Å². The van der Waals surface area contributed by atoms with Crippen LogP contribution in [0.1, 0.15) is 59.8 Å². The fourth-order valence-corrected chi connectivity index (χ4v) is 2.62. The van der Waals surface area contributed by atoms with E-state index in [2.05, 4.69) is 33.0 Å². The van der Waals surface area contributed by atoms with Crippen LogP contribution < -0.4 is 5.32 Å². The van der Waals surface area contributed by atoms with E-state index in [0.717, 1.165) is 18.5 Å². The molecule has 2 atom stereocenters. The molecule has 1 N–H and O–H groups in total. The van der Waals surface area contributed by atoms with E-state index in [1.807, 2.05) is 0 Å². The maximum absolute atomic E-state index is 3.63. The molecule has 0 aliphatic heterocycles. The minimum atomic E-state index is 0.498. The van der Waals surface area contributed by atoms with Crippen LogP contribution in [0.5, 0.6) is 0 Å². The molecule has 2 unspecified atom stereocenters. The predicted octanol–water partition coefficient (Wildman–Crippen LogP) is 3.59. The summed E-state index contributed by atoms with van der Waals surface area (Å²) in [4.78, 5) is 0. The highest BCUT2D eigenvalue weighted by atomic mass is 14.9. The van der Waals surface area contributed by atoms with Crippen LogP contribution in [0.15, 0.2) is 0 Å². The van der Waals surface area contributed by atoms with Gasteiger partial charge in [-0.1, -0.05) is 40.5 Å². The van der Waals surface area contributed by atoms with E-state index < -0.39 is 0 Å². The normalized spacial score (nSPS) is 30.0. The molecule has 1 saturated carbocycles. The summed E-state index contributed by atoms with van der Waals surface area (Å²) in [5.74, 6) is 0.911. The first-order valence-corrected chi connectivity index (χ1v) is 6.27. The standard InChI is InChI=1S/C13H27N/c1-5-14-12-9-7-6-8-11(10-12)13(2,3)4/h11-12,14H,5-10H2,1-4H3. The largest absolute Gasteiger partial charge is 0.314 e. The summed E-state index contributed by atoms with van der Waals surface area (Å²) in [6.07, 6.45) is 7.07. The van der Waals surface area contributed by atoms with Crippen LogP contribution in [0.4, 0.5) is 0 Å². The Kier molecular flexibility index (Phi) is 4.43. The highest BCUT2D eigenvalue weighted by Crippen LogP contribution is 2.36. The molecule has 0 aromatic carbocycles. The first kappa shape index (κ1) is 12.0. The Morgan fingerprint density at radius 3 is 2.36 bits per heavy atom. The molecule has 1 nitrogen and oxygen atoms in total. The zero-order valence-corrected chi connectivity index (χ0v) is 10.4. The minimum Gasteiger partial charge on any atom is -0.314 e. The van der Waals surface area contributed by atoms with Crippen LogP contribution in [0, 0.1) is 11.3 Å². The van der Waals surface area contributed by atoms with E-state index in [-0.39, 0.29) is 0 Å². The van der Waals surface area contributed by atoms with Crippen LogP contribution in [0.3, 0.4) is 0 Å². The molecule has 0 aromatic heterocycles. The van der Waals surface area contributed by atoms with Crippen molar-refractivity contribution in [2.24, 2.45) is 11.3 Å². The molecule has 14 heavy (non-hydrogen) atoms. The third kappa shape index (κ3) is 3.61. The minimum absolute atomic E-state index is 0.498. The summed E-state index contributed by atoms with van der Waals surface area (Å²) < 4.78 is 0. The fourth-order valence-electron chi connectivity index (χ4n) is 2.62.